The first-order valence-electron chi connectivity index (χ1n) is 9.67. The molecule has 3 rings (SSSR count). The number of morpholine rings is 1. The van der Waals surface area contributed by atoms with Crippen LogP contribution in [0.25, 0.3) is 0 Å². The summed E-state index contributed by atoms with van der Waals surface area (Å²) < 4.78 is 5.88. The number of carbonyl (C=O) groups excluding carboxylic acids is 1. The summed E-state index contributed by atoms with van der Waals surface area (Å²) in [6, 6.07) is 10.8. The molecule has 0 aromatic heterocycles. The first-order chi connectivity index (χ1) is 12.3. The van der Waals surface area contributed by atoms with Gasteiger partial charge in [-0.15, -0.1) is 0 Å². The van der Waals surface area contributed by atoms with Crippen molar-refractivity contribution in [2.45, 2.75) is 44.9 Å². The Bertz CT molecular complexity index is 531. The first kappa shape index (κ1) is 18.4. The summed E-state index contributed by atoms with van der Waals surface area (Å²) >= 11 is 0. The third kappa shape index (κ3) is 5.03. The van der Waals surface area contributed by atoms with Crippen LogP contribution in [-0.4, -0.2) is 67.2 Å². The highest BCUT2D eigenvalue weighted by Gasteiger charge is 2.33. The smallest absolute Gasteiger partial charge is 0.253 e. The molecule has 0 saturated carbocycles. The van der Waals surface area contributed by atoms with Crippen LogP contribution in [0.15, 0.2) is 30.3 Å². The van der Waals surface area contributed by atoms with Gasteiger partial charge in [-0.2, -0.15) is 0 Å². The monoisotopic (exact) mass is 345 g/mol. The van der Waals surface area contributed by atoms with Gasteiger partial charge in [0.1, 0.15) is 6.10 Å². The fourth-order valence-corrected chi connectivity index (χ4v) is 3.85. The number of hydrogen-bond acceptors (Lipinski definition) is 4. The molecule has 2 aliphatic rings. The van der Waals surface area contributed by atoms with Gasteiger partial charge in [0.25, 0.3) is 5.91 Å². The van der Waals surface area contributed by atoms with Gasteiger partial charge < -0.3 is 15.0 Å². The van der Waals surface area contributed by atoms with Crippen molar-refractivity contribution in [3.05, 3.63) is 35.9 Å². The lowest BCUT2D eigenvalue weighted by molar-refractivity contribution is -0.152. The van der Waals surface area contributed by atoms with Gasteiger partial charge in [0, 0.05) is 32.2 Å². The summed E-state index contributed by atoms with van der Waals surface area (Å²) in [5.41, 5.74) is 1.29. The zero-order valence-electron chi connectivity index (χ0n) is 15.3. The molecule has 2 heterocycles. The molecule has 1 aromatic rings. The third-order valence-corrected chi connectivity index (χ3v) is 5.17. The molecule has 0 aliphatic carbocycles. The molecule has 1 N–H and O–H groups in total. The molecule has 138 valence electrons. The Hall–Kier alpha value is -1.43. The molecule has 2 saturated heterocycles. The van der Waals surface area contributed by atoms with Crippen molar-refractivity contribution in [1.82, 2.24) is 15.1 Å². The Balaban J connectivity index is 1.61. The third-order valence-electron chi connectivity index (χ3n) is 5.17. The van der Waals surface area contributed by atoms with Crippen molar-refractivity contribution in [1.29, 1.82) is 0 Å². The molecule has 1 aromatic carbocycles. The van der Waals surface area contributed by atoms with Crippen molar-refractivity contribution in [3.8, 4) is 0 Å². The average Bonchev–Trinajstić information content (AvgIpc) is 2.67. The van der Waals surface area contributed by atoms with Crippen molar-refractivity contribution in [2.75, 3.05) is 39.3 Å². The van der Waals surface area contributed by atoms with E-state index in [9.17, 15) is 4.79 Å². The Kier molecular flexibility index (Phi) is 6.84. The molecular weight excluding hydrogens is 314 g/mol. The second-order valence-corrected chi connectivity index (χ2v) is 7.09. The van der Waals surface area contributed by atoms with Crippen LogP contribution in [0.5, 0.6) is 0 Å². The van der Waals surface area contributed by atoms with Crippen LogP contribution >= 0.6 is 0 Å². The average molecular weight is 345 g/mol. The van der Waals surface area contributed by atoms with Crippen LogP contribution in [0.1, 0.15) is 31.7 Å². The standard InChI is InChI=1S/C20H31N3O2/c1-2-12-23(18-8-10-21-11-9-18)20(24)19-16-22(13-14-25-19)15-17-6-4-3-5-7-17/h3-7,18-19,21H,2,8-16H2,1H3. The van der Waals surface area contributed by atoms with Crippen molar-refractivity contribution >= 4 is 5.91 Å². The largest absolute Gasteiger partial charge is 0.366 e. The van der Waals surface area contributed by atoms with E-state index in [4.69, 9.17) is 4.74 Å². The fraction of sp³-hybridized carbons (Fsp3) is 0.650. The number of hydrogen-bond donors (Lipinski definition) is 1. The molecule has 5 heteroatoms. The van der Waals surface area contributed by atoms with Crippen molar-refractivity contribution in [3.63, 3.8) is 0 Å². The van der Waals surface area contributed by atoms with Gasteiger partial charge in [0.2, 0.25) is 0 Å². The summed E-state index contributed by atoms with van der Waals surface area (Å²) in [6.45, 7) is 8.09. The lowest BCUT2D eigenvalue weighted by atomic mass is 10.0. The molecule has 0 radical (unpaired) electrons. The molecule has 1 atom stereocenters. The molecule has 25 heavy (non-hydrogen) atoms. The van der Waals surface area contributed by atoms with E-state index in [-0.39, 0.29) is 12.0 Å². The number of amides is 1. The Morgan fingerprint density at radius 2 is 2.04 bits per heavy atom. The predicted molar refractivity (Wildman–Crippen MR) is 99.4 cm³/mol. The quantitative estimate of drug-likeness (QED) is 0.855. The number of nitrogens with zero attached hydrogens (tertiary/aromatic N) is 2. The van der Waals surface area contributed by atoms with Crippen LogP contribution in [0, 0.1) is 0 Å². The molecule has 2 fully saturated rings. The summed E-state index contributed by atoms with van der Waals surface area (Å²) in [5, 5.41) is 3.39. The summed E-state index contributed by atoms with van der Waals surface area (Å²) in [4.78, 5) is 17.6. The highest BCUT2D eigenvalue weighted by atomic mass is 16.5. The number of benzene rings is 1. The molecule has 1 unspecified atom stereocenters. The second-order valence-electron chi connectivity index (χ2n) is 7.09. The highest BCUT2D eigenvalue weighted by Crippen LogP contribution is 2.18. The number of ether oxygens (including phenoxy) is 1. The van der Waals surface area contributed by atoms with E-state index in [1.165, 1.54) is 5.56 Å². The van der Waals surface area contributed by atoms with Crippen LogP contribution in [0.4, 0.5) is 0 Å². The Morgan fingerprint density at radius 1 is 1.28 bits per heavy atom. The van der Waals surface area contributed by atoms with E-state index >= 15 is 0 Å². The maximum absolute atomic E-state index is 13.1. The van der Waals surface area contributed by atoms with Crippen LogP contribution in [0.3, 0.4) is 0 Å². The Labute approximate surface area is 151 Å². The first-order valence-corrected chi connectivity index (χ1v) is 9.67. The SMILES string of the molecule is CCCN(C(=O)C1CN(Cc2ccccc2)CCO1)C1CCNCC1. The molecular formula is C20H31N3O2. The van der Waals surface area contributed by atoms with Gasteiger partial charge in [-0.3, -0.25) is 9.69 Å². The maximum Gasteiger partial charge on any atom is 0.253 e. The normalized spacial score (nSPS) is 22.7. The lowest BCUT2D eigenvalue weighted by Gasteiger charge is -2.39. The summed E-state index contributed by atoms with van der Waals surface area (Å²) in [7, 11) is 0. The lowest BCUT2D eigenvalue weighted by Crippen LogP contribution is -2.55. The van der Waals surface area contributed by atoms with Crippen molar-refractivity contribution < 1.29 is 9.53 Å². The second kappa shape index (κ2) is 9.32. The summed E-state index contributed by atoms with van der Waals surface area (Å²) in [5.74, 6) is 0.187. The zero-order valence-corrected chi connectivity index (χ0v) is 15.3. The minimum absolute atomic E-state index is 0.187. The van der Waals surface area contributed by atoms with Gasteiger partial charge in [-0.25, -0.2) is 0 Å². The fourth-order valence-electron chi connectivity index (χ4n) is 3.85. The molecule has 2 aliphatic heterocycles. The Morgan fingerprint density at radius 3 is 2.76 bits per heavy atom. The van der Waals surface area contributed by atoms with Crippen molar-refractivity contribution in [2.24, 2.45) is 0 Å². The molecule has 1 amide bonds. The zero-order chi connectivity index (χ0) is 17.5. The molecule has 5 nitrogen and oxygen atoms in total. The maximum atomic E-state index is 13.1. The summed E-state index contributed by atoms with van der Waals surface area (Å²) in [6.07, 6.45) is 2.77. The van der Waals surface area contributed by atoms with E-state index in [0.717, 1.165) is 52.0 Å². The van der Waals surface area contributed by atoms with Crippen LogP contribution in [0.2, 0.25) is 0 Å². The van der Waals surface area contributed by atoms with E-state index in [0.29, 0.717) is 19.2 Å². The van der Waals surface area contributed by atoms with E-state index in [1.54, 1.807) is 0 Å². The predicted octanol–water partition coefficient (Wildman–Crippen LogP) is 1.88. The van der Waals surface area contributed by atoms with E-state index < -0.39 is 0 Å². The minimum atomic E-state index is -0.320. The number of piperidine rings is 1. The van der Waals surface area contributed by atoms with Gasteiger partial charge >= 0.3 is 0 Å². The molecule has 0 spiro atoms. The van der Waals surface area contributed by atoms with Gasteiger partial charge in [0.05, 0.1) is 6.61 Å². The number of carbonyl (C=O) groups is 1. The highest BCUT2D eigenvalue weighted by molar-refractivity contribution is 5.81. The molecule has 0 bridgehead atoms. The number of nitrogens with one attached hydrogen (secondary N) is 1. The van der Waals surface area contributed by atoms with Gasteiger partial charge in [0.15, 0.2) is 0 Å². The van der Waals surface area contributed by atoms with E-state index in [2.05, 4.69) is 46.3 Å². The van der Waals surface area contributed by atoms with Gasteiger partial charge in [-0.05, 0) is 37.9 Å². The topological polar surface area (TPSA) is 44.8 Å². The van der Waals surface area contributed by atoms with E-state index in [1.807, 2.05) is 6.07 Å². The number of rotatable bonds is 6. The minimum Gasteiger partial charge on any atom is -0.366 e. The van der Waals surface area contributed by atoms with Crippen LogP contribution < -0.4 is 5.32 Å². The van der Waals surface area contributed by atoms with Crippen LogP contribution in [-0.2, 0) is 16.1 Å². The van der Waals surface area contributed by atoms with Gasteiger partial charge in [-0.1, -0.05) is 37.3 Å².